The van der Waals surface area contributed by atoms with Crippen molar-refractivity contribution in [2.75, 3.05) is 13.7 Å². The van der Waals surface area contributed by atoms with Gasteiger partial charge in [0.25, 0.3) is 15.6 Å². The summed E-state index contributed by atoms with van der Waals surface area (Å²) in [5.74, 6) is -0.473. The summed E-state index contributed by atoms with van der Waals surface area (Å²) in [6.07, 6.45) is 1.29. The molecule has 0 aliphatic heterocycles. The number of benzene rings is 1. The molecule has 0 aliphatic rings. The number of ether oxygens (including phenoxy) is 1. The molecule has 0 radical (unpaired) electrons. The Morgan fingerprint density at radius 1 is 1.27 bits per heavy atom. The molecular weight excluding hydrogens is 304 g/mol. The van der Waals surface area contributed by atoms with Crippen LogP contribution < -0.4 is 0 Å². The van der Waals surface area contributed by atoms with E-state index in [0.717, 1.165) is 6.42 Å². The van der Waals surface area contributed by atoms with E-state index in [0.29, 0.717) is 13.0 Å². The lowest BCUT2D eigenvalue weighted by Gasteiger charge is -2.08. The number of sulfone groups is 1. The predicted molar refractivity (Wildman–Crippen MR) is 82.2 cm³/mol. The van der Waals surface area contributed by atoms with Gasteiger partial charge in [-0.25, -0.2) is 8.42 Å². The van der Waals surface area contributed by atoms with E-state index < -0.39 is 20.7 Å². The third-order valence-electron chi connectivity index (χ3n) is 3.32. The van der Waals surface area contributed by atoms with Crippen LogP contribution in [0.5, 0.6) is 0 Å². The number of ketones is 1. The second kappa shape index (κ2) is 8.58. The van der Waals surface area contributed by atoms with Crippen LogP contribution in [0.2, 0.25) is 0 Å². The van der Waals surface area contributed by atoms with Crippen molar-refractivity contribution < 1.29 is 22.7 Å². The SMILES string of the molecule is COCC[C@H](C)CCC(=O)C(=[N+]=[N-])S(=O)(=O)c1ccccc1. The highest BCUT2D eigenvalue weighted by molar-refractivity contribution is 8.08. The van der Waals surface area contributed by atoms with Crippen molar-refractivity contribution in [3.8, 4) is 0 Å². The maximum absolute atomic E-state index is 12.3. The lowest BCUT2D eigenvalue weighted by molar-refractivity contribution is -0.116. The highest BCUT2D eigenvalue weighted by Crippen LogP contribution is 2.15. The van der Waals surface area contributed by atoms with Crippen molar-refractivity contribution in [3.63, 3.8) is 0 Å². The maximum Gasteiger partial charge on any atom is 0.451 e. The van der Waals surface area contributed by atoms with Crippen LogP contribution in [0.1, 0.15) is 26.2 Å². The van der Waals surface area contributed by atoms with Gasteiger partial charge in [0.15, 0.2) is 0 Å². The number of rotatable bonds is 8. The van der Waals surface area contributed by atoms with Crippen molar-refractivity contribution >= 4 is 20.7 Å². The number of nitrogens with zero attached hydrogens (tertiary/aromatic N) is 2. The maximum atomic E-state index is 12.3. The molecule has 1 aromatic carbocycles. The van der Waals surface area contributed by atoms with Gasteiger partial charge < -0.3 is 10.3 Å². The molecule has 0 amide bonds. The molecule has 0 saturated carbocycles. The fourth-order valence-corrected chi connectivity index (χ4v) is 3.17. The summed E-state index contributed by atoms with van der Waals surface area (Å²) in [7, 11) is -2.49. The fraction of sp³-hybridized carbons (Fsp3) is 0.467. The van der Waals surface area contributed by atoms with Gasteiger partial charge in [-0.2, -0.15) is 0 Å². The molecular formula is C15H20N2O4S. The van der Waals surface area contributed by atoms with E-state index in [1.807, 2.05) is 6.92 Å². The molecule has 0 fully saturated rings. The summed E-state index contributed by atoms with van der Waals surface area (Å²) in [5, 5.41) is -0.808. The average molecular weight is 324 g/mol. The first kappa shape index (κ1) is 18.2. The number of hydrogen-bond acceptors (Lipinski definition) is 4. The lowest BCUT2D eigenvalue weighted by Crippen LogP contribution is -2.26. The number of hydrogen-bond donors (Lipinski definition) is 0. The Hall–Kier alpha value is -1.82. The van der Waals surface area contributed by atoms with Crippen molar-refractivity contribution in [2.24, 2.45) is 5.92 Å². The normalized spacial score (nSPS) is 12.5. The Kier molecular flexibility index (Phi) is 7.11. The van der Waals surface area contributed by atoms with Crippen LogP contribution >= 0.6 is 0 Å². The minimum absolute atomic E-state index is 0.0103. The minimum Gasteiger partial charge on any atom is -0.385 e. The Morgan fingerprint density at radius 2 is 1.91 bits per heavy atom. The van der Waals surface area contributed by atoms with Gasteiger partial charge in [0.05, 0.1) is 4.90 Å². The molecule has 6 nitrogen and oxygen atoms in total. The number of carbonyl (C=O) groups excluding carboxylic acids is 1. The summed E-state index contributed by atoms with van der Waals surface area (Å²) in [6.45, 7) is 2.53. The zero-order chi connectivity index (χ0) is 16.6. The second-order valence-electron chi connectivity index (χ2n) is 5.07. The third-order valence-corrected chi connectivity index (χ3v) is 5.03. The number of methoxy groups -OCH3 is 1. The lowest BCUT2D eigenvalue weighted by atomic mass is 10.0. The van der Waals surface area contributed by atoms with Gasteiger partial charge in [0.1, 0.15) is 0 Å². The second-order valence-corrected chi connectivity index (χ2v) is 6.94. The molecule has 0 saturated heterocycles. The summed E-state index contributed by atoms with van der Waals surface area (Å²) in [6, 6.07) is 7.45. The van der Waals surface area contributed by atoms with Gasteiger partial charge in [-0.05, 0) is 30.9 Å². The van der Waals surface area contributed by atoms with Crippen LogP contribution in [0.3, 0.4) is 0 Å². The molecule has 7 heteroatoms. The fourth-order valence-electron chi connectivity index (χ4n) is 1.92. The topological polar surface area (TPSA) is 96.8 Å². The van der Waals surface area contributed by atoms with Gasteiger partial charge in [0, 0.05) is 20.1 Å². The van der Waals surface area contributed by atoms with Gasteiger partial charge in [-0.1, -0.05) is 25.1 Å². The predicted octanol–water partition coefficient (Wildman–Crippen LogP) is 2.11. The molecule has 1 atom stereocenters. The molecule has 0 heterocycles. The average Bonchev–Trinajstić information content (AvgIpc) is 2.52. The number of Topliss-reactive ketones (excluding diaryl/α,β-unsaturated/α-hetero) is 1. The van der Waals surface area contributed by atoms with Gasteiger partial charge in [-0.3, -0.25) is 4.79 Å². The molecule has 0 aromatic heterocycles. The van der Waals surface area contributed by atoms with Crippen LogP contribution in [-0.2, 0) is 19.4 Å². The van der Waals surface area contributed by atoms with E-state index in [4.69, 9.17) is 10.3 Å². The third kappa shape index (κ3) is 4.87. The molecule has 22 heavy (non-hydrogen) atoms. The van der Waals surface area contributed by atoms with Crippen LogP contribution in [-0.4, -0.2) is 37.8 Å². The van der Waals surface area contributed by atoms with E-state index in [1.165, 1.54) is 12.1 Å². The molecule has 0 bridgehead atoms. The van der Waals surface area contributed by atoms with Crippen molar-refractivity contribution in [2.45, 2.75) is 31.1 Å². The minimum atomic E-state index is -4.09. The summed E-state index contributed by atoms with van der Waals surface area (Å²) < 4.78 is 29.5. The number of carbonyl (C=O) groups is 1. The van der Waals surface area contributed by atoms with Crippen molar-refractivity contribution in [1.82, 2.24) is 0 Å². The van der Waals surface area contributed by atoms with Crippen molar-refractivity contribution in [3.05, 3.63) is 35.9 Å². The monoisotopic (exact) mass is 324 g/mol. The van der Waals surface area contributed by atoms with Crippen LogP contribution in [0.4, 0.5) is 0 Å². The highest BCUT2D eigenvalue weighted by Gasteiger charge is 2.36. The van der Waals surface area contributed by atoms with Gasteiger partial charge in [0.2, 0.25) is 0 Å². The Labute approximate surface area is 130 Å². The van der Waals surface area contributed by atoms with E-state index in [-0.39, 0.29) is 17.2 Å². The Balaban J connectivity index is 2.80. The zero-order valence-electron chi connectivity index (χ0n) is 12.7. The quantitative estimate of drug-likeness (QED) is 0.316. The highest BCUT2D eigenvalue weighted by atomic mass is 32.2. The van der Waals surface area contributed by atoms with E-state index >= 15 is 0 Å². The Bertz CT molecular complexity index is 649. The molecule has 1 rings (SSSR count). The Morgan fingerprint density at radius 3 is 2.45 bits per heavy atom. The molecule has 0 aliphatic carbocycles. The largest absolute Gasteiger partial charge is 0.451 e. The van der Waals surface area contributed by atoms with E-state index in [9.17, 15) is 13.2 Å². The zero-order valence-corrected chi connectivity index (χ0v) is 13.5. The molecule has 0 spiro atoms. The van der Waals surface area contributed by atoms with Gasteiger partial charge >= 0.3 is 5.04 Å². The van der Waals surface area contributed by atoms with Crippen molar-refractivity contribution in [1.29, 1.82) is 0 Å². The standard InChI is InChI=1S/C15H20N2O4S/c1-12(10-11-21-2)8-9-14(18)15(17-16)22(19,20)13-6-4-3-5-7-13/h3-7,12H,8-11H2,1-2H3/t12-/m1/s1. The summed E-state index contributed by atoms with van der Waals surface area (Å²) in [4.78, 5) is 14.7. The van der Waals surface area contributed by atoms with E-state index in [2.05, 4.69) is 4.79 Å². The van der Waals surface area contributed by atoms with Crippen LogP contribution in [0.15, 0.2) is 35.2 Å². The van der Waals surface area contributed by atoms with Gasteiger partial charge in [-0.15, -0.1) is 4.79 Å². The molecule has 1 aromatic rings. The summed E-state index contributed by atoms with van der Waals surface area (Å²) >= 11 is 0. The van der Waals surface area contributed by atoms with Crippen LogP contribution in [0, 0.1) is 5.92 Å². The molecule has 0 unspecified atom stereocenters. The first-order valence-corrected chi connectivity index (χ1v) is 8.46. The smallest absolute Gasteiger partial charge is 0.385 e. The molecule has 120 valence electrons. The van der Waals surface area contributed by atoms with E-state index in [1.54, 1.807) is 25.3 Å². The first-order valence-electron chi connectivity index (χ1n) is 6.97. The first-order chi connectivity index (χ1) is 10.4. The summed E-state index contributed by atoms with van der Waals surface area (Å²) in [5.41, 5.74) is 8.97. The van der Waals surface area contributed by atoms with Crippen LogP contribution in [0.25, 0.3) is 5.53 Å². The molecule has 0 N–H and O–H groups in total.